The molecule has 25 heavy (non-hydrogen) atoms. The number of nitrogens with one attached hydrogen (secondary N) is 1. The SMILES string of the molecule is O=C(COc1ccc(C(F)(F)F)cn1)Nc1ccc(C(F)(F)F)cc1. The highest BCUT2D eigenvalue weighted by molar-refractivity contribution is 5.91. The molecule has 2 aromatic rings. The van der Waals surface area contributed by atoms with Crippen LogP contribution in [0.4, 0.5) is 32.0 Å². The van der Waals surface area contributed by atoms with Crippen molar-refractivity contribution >= 4 is 11.6 Å². The molecule has 0 radical (unpaired) electrons. The van der Waals surface area contributed by atoms with Crippen LogP contribution < -0.4 is 10.1 Å². The molecule has 0 atom stereocenters. The smallest absolute Gasteiger partial charge is 0.417 e. The lowest BCUT2D eigenvalue weighted by Crippen LogP contribution is -2.20. The normalized spacial score (nSPS) is 11.9. The predicted octanol–water partition coefficient (Wildman–Crippen LogP) is 4.14. The first-order valence-corrected chi connectivity index (χ1v) is 6.69. The van der Waals surface area contributed by atoms with Gasteiger partial charge in [-0.05, 0) is 30.3 Å². The number of nitrogens with zero attached hydrogens (tertiary/aromatic N) is 1. The number of amides is 1. The van der Waals surface area contributed by atoms with Crippen LogP contribution in [0.25, 0.3) is 0 Å². The molecular weight excluding hydrogens is 354 g/mol. The van der Waals surface area contributed by atoms with Crippen molar-refractivity contribution in [3.05, 3.63) is 53.7 Å². The Morgan fingerprint density at radius 1 is 0.920 bits per heavy atom. The van der Waals surface area contributed by atoms with Gasteiger partial charge in [0.05, 0.1) is 11.1 Å². The van der Waals surface area contributed by atoms with Gasteiger partial charge in [0.15, 0.2) is 6.61 Å². The molecule has 0 fully saturated rings. The van der Waals surface area contributed by atoms with Crippen LogP contribution in [0.15, 0.2) is 42.6 Å². The molecule has 134 valence electrons. The van der Waals surface area contributed by atoms with E-state index in [1.165, 1.54) is 0 Å². The Kier molecular flexibility index (Phi) is 5.19. The van der Waals surface area contributed by atoms with Gasteiger partial charge in [-0.25, -0.2) is 4.98 Å². The van der Waals surface area contributed by atoms with Gasteiger partial charge in [0.1, 0.15) is 0 Å². The third-order valence-corrected chi connectivity index (χ3v) is 2.91. The Bertz CT molecular complexity index is 724. The maximum Gasteiger partial charge on any atom is 0.417 e. The largest absolute Gasteiger partial charge is 0.468 e. The molecule has 0 unspecified atom stereocenters. The molecule has 0 aliphatic rings. The van der Waals surface area contributed by atoms with Gasteiger partial charge in [0.2, 0.25) is 5.88 Å². The molecule has 1 aromatic carbocycles. The summed E-state index contributed by atoms with van der Waals surface area (Å²) < 4.78 is 79.2. The summed E-state index contributed by atoms with van der Waals surface area (Å²) in [6, 6.07) is 5.43. The number of alkyl halides is 6. The van der Waals surface area contributed by atoms with Gasteiger partial charge < -0.3 is 10.1 Å². The van der Waals surface area contributed by atoms with Crippen molar-refractivity contribution < 1.29 is 35.9 Å². The number of hydrogen-bond acceptors (Lipinski definition) is 3. The van der Waals surface area contributed by atoms with Crippen LogP contribution in [0.2, 0.25) is 0 Å². The molecule has 0 spiro atoms. The maximum absolute atomic E-state index is 12.4. The molecule has 1 N–H and O–H groups in total. The number of halogens is 6. The Labute approximate surface area is 137 Å². The van der Waals surface area contributed by atoms with Gasteiger partial charge in [-0.15, -0.1) is 0 Å². The van der Waals surface area contributed by atoms with Crippen molar-refractivity contribution in [1.82, 2.24) is 4.98 Å². The summed E-state index contributed by atoms with van der Waals surface area (Å²) in [5.41, 5.74) is -1.72. The van der Waals surface area contributed by atoms with Gasteiger partial charge in [0, 0.05) is 18.0 Å². The Balaban J connectivity index is 1.88. The fraction of sp³-hybridized carbons (Fsp3) is 0.200. The Morgan fingerprint density at radius 3 is 1.96 bits per heavy atom. The van der Waals surface area contributed by atoms with Crippen LogP contribution in [-0.4, -0.2) is 17.5 Å². The molecule has 10 heteroatoms. The third-order valence-electron chi connectivity index (χ3n) is 2.91. The van der Waals surface area contributed by atoms with Gasteiger partial charge >= 0.3 is 12.4 Å². The van der Waals surface area contributed by atoms with Crippen molar-refractivity contribution in [1.29, 1.82) is 0 Å². The minimum atomic E-state index is -4.54. The van der Waals surface area contributed by atoms with Crippen LogP contribution >= 0.6 is 0 Å². The average molecular weight is 364 g/mol. The summed E-state index contributed by atoms with van der Waals surface area (Å²) in [6.07, 6.45) is -8.46. The van der Waals surface area contributed by atoms with Crippen LogP contribution in [0, 0.1) is 0 Å². The van der Waals surface area contributed by atoms with Crippen molar-refractivity contribution in [2.45, 2.75) is 12.4 Å². The summed E-state index contributed by atoms with van der Waals surface area (Å²) in [5.74, 6) is -0.906. The lowest BCUT2D eigenvalue weighted by molar-refractivity contribution is -0.138. The number of rotatable bonds is 4. The van der Waals surface area contributed by atoms with Gasteiger partial charge in [0.25, 0.3) is 5.91 Å². The molecule has 1 aromatic heterocycles. The van der Waals surface area contributed by atoms with Crippen molar-refractivity contribution in [2.75, 3.05) is 11.9 Å². The van der Waals surface area contributed by atoms with Gasteiger partial charge in [-0.1, -0.05) is 0 Å². The second-order valence-electron chi connectivity index (χ2n) is 4.79. The average Bonchev–Trinajstić information content (AvgIpc) is 2.52. The number of hydrogen-bond donors (Lipinski definition) is 1. The fourth-order valence-electron chi connectivity index (χ4n) is 1.71. The molecule has 2 rings (SSSR count). The van der Waals surface area contributed by atoms with Crippen molar-refractivity contribution in [3.8, 4) is 5.88 Å². The quantitative estimate of drug-likeness (QED) is 0.830. The van der Waals surface area contributed by atoms with E-state index < -0.39 is 36.0 Å². The van der Waals surface area contributed by atoms with Crippen LogP contribution in [0.1, 0.15) is 11.1 Å². The van der Waals surface area contributed by atoms with E-state index in [9.17, 15) is 31.1 Å². The zero-order valence-electron chi connectivity index (χ0n) is 12.3. The molecule has 0 aliphatic carbocycles. The van der Waals surface area contributed by atoms with E-state index in [2.05, 4.69) is 10.3 Å². The molecular formula is C15H10F6N2O2. The van der Waals surface area contributed by atoms with E-state index in [1.807, 2.05) is 0 Å². The van der Waals surface area contributed by atoms with E-state index in [0.717, 1.165) is 36.4 Å². The standard InChI is InChI=1S/C15H10F6N2O2/c16-14(17,18)9-1-4-11(5-2-9)23-12(24)8-25-13-6-3-10(7-22-13)15(19,20)21/h1-7H,8H2,(H,23,24). The predicted molar refractivity (Wildman–Crippen MR) is 74.8 cm³/mol. The van der Waals surface area contributed by atoms with E-state index >= 15 is 0 Å². The number of pyridine rings is 1. The first kappa shape index (κ1) is 18.6. The number of carbonyl (C=O) groups is 1. The molecule has 1 heterocycles. The second kappa shape index (κ2) is 6.99. The Hall–Kier alpha value is -2.78. The summed E-state index contributed by atoms with van der Waals surface area (Å²) in [7, 11) is 0. The van der Waals surface area contributed by atoms with E-state index in [4.69, 9.17) is 4.74 Å². The lowest BCUT2D eigenvalue weighted by atomic mass is 10.2. The van der Waals surface area contributed by atoms with E-state index in [-0.39, 0.29) is 11.6 Å². The highest BCUT2D eigenvalue weighted by Crippen LogP contribution is 2.30. The minimum absolute atomic E-state index is 0.113. The number of benzene rings is 1. The van der Waals surface area contributed by atoms with Crippen LogP contribution in [0.5, 0.6) is 5.88 Å². The van der Waals surface area contributed by atoms with Crippen LogP contribution in [-0.2, 0) is 17.1 Å². The summed E-state index contributed by atoms with van der Waals surface area (Å²) in [4.78, 5) is 15.0. The number of anilines is 1. The monoisotopic (exact) mass is 364 g/mol. The highest BCUT2D eigenvalue weighted by Gasteiger charge is 2.31. The van der Waals surface area contributed by atoms with Crippen molar-refractivity contribution in [2.24, 2.45) is 0 Å². The Morgan fingerprint density at radius 2 is 1.48 bits per heavy atom. The highest BCUT2D eigenvalue weighted by atomic mass is 19.4. The van der Waals surface area contributed by atoms with Crippen molar-refractivity contribution in [3.63, 3.8) is 0 Å². The topological polar surface area (TPSA) is 51.2 Å². The fourth-order valence-corrected chi connectivity index (χ4v) is 1.71. The summed E-state index contributed by atoms with van der Waals surface area (Å²) in [6.45, 7) is -0.570. The molecule has 0 bridgehead atoms. The number of ether oxygens (including phenoxy) is 1. The first-order valence-electron chi connectivity index (χ1n) is 6.69. The molecule has 0 aliphatic heterocycles. The number of carbonyl (C=O) groups excluding carboxylic acids is 1. The summed E-state index contributed by atoms with van der Waals surface area (Å²) >= 11 is 0. The molecule has 0 saturated heterocycles. The maximum atomic E-state index is 12.4. The van der Waals surface area contributed by atoms with E-state index in [0.29, 0.717) is 6.20 Å². The third kappa shape index (κ3) is 5.37. The molecule has 1 amide bonds. The number of aromatic nitrogens is 1. The molecule has 4 nitrogen and oxygen atoms in total. The van der Waals surface area contributed by atoms with E-state index in [1.54, 1.807) is 0 Å². The minimum Gasteiger partial charge on any atom is -0.468 e. The second-order valence-corrected chi connectivity index (χ2v) is 4.79. The first-order chi connectivity index (χ1) is 11.6. The van der Waals surface area contributed by atoms with Gasteiger partial charge in [-0.2, -0.15) is 26.3 Å². The summed E-state index contributed by atoms with van der Waals surface area (Å²) in [5, 5.41) is 2.29. The lowest BCUT2D eigenvalue weighted by Gasteiger charge is -2.10. The van der Waals surface area contributed by atoms with Gasteiger partial charge in [-0.3, -0.25) is 4.79 Å². The molecule has 0 saturated carbocycles. The zero-order valence-corrected chi connectivity index (χ0v) is 12.3. The van der Waals surface area contributed by atoms with Crippen LogP contribution in [0.3, 0.4) is 0 Å². The zero-order chi connectivity index (χ0) is 18.7.